The van der Waals surface area contributed by atoms with E-state index in [1.807, 2.05) is 19.1 Å². The number of aryl methyl sites for hydroxylation is 1. The molecular formula is C14H16Cl2N2O. The van der Waals surface area contributed by atoms with Crippen LogP contribution in [0.25, 0.3) is 10.9 Å². The first-order chi connectivity index (χ1) is 9.13. The SMILES string of the molecule is CCNCCOc1c(Cl)cc(Cl)c2ccc(C)nc12. The fourth-order valence-electron chi connectivity index (χ4n) is 1.83. The van der Waals surface area contributed by atoms with Crippen LogP contribution in [-0.2, 0) is 0 Å². The van der Waals surface area contributed by atoms with Crippen molar-refractivity contribution < 1.29 is 4.74 Å². The lowest BCUT2D eigenvalue weighted by Crippen LogP contribution is -2.20. The summed E-state index contributed by atoms with van der Waals surface area (Å²) in [6.07, 6.45) is 0. The fraction of sp³-hybridized carbons (Fsp3) is 0.357. The fourth-order valence-corrected chi connectivity index (χ4v) is 2.40. The van der Waals surface area contributed by atoms with Gasteiger partial charge in [0.15, 0.2) is 5.75 Å². The number of nitrogens with one attached hydrogen (secondary N) is 1. The van der Waals surface area contributed by atoms with Crippen molar-refractivity contribution in [3.63, 3.8) is 0 Å². The van der Waals surface area contributed by atoms with Gasteiger partial charge in [-0.05, 0) is 31.7 Å². The van der Waals surface area contributed by atoms with Crippen molar-refractivity contribution in [3.05, 3.63) is 33.9 Å². The molecule has 0 atom stereocenters. The van der Waals surface area contributed by atoms with E-state index >= 15 is 0 Å². The highest BCUT2D eigenvalue weighted by Crippen LogP contribution is 2.37. The number of likely N-dealkylation sites (N-methyl/N-ethyl adjacent to an activating group) is 1. The molecule has 1 heterocycles. The zero-order valence-corrected chi connectivity index (χ0v) is 12.5. The zero-order valence-electron chi connectivity index (χ0n) is 11.0. The van der Waals surface area contributed by atoms with Gasteiger partial charge in [0.25, 0.3) is 0 Å². The molecule has 0 radical (unpaired) electrons. The van der Waals surface area contributed by atoms with Crippen LogP contribution in [0.4, 0.5) is 0 Å². The minimum atomic E-state index is 0.493. The Bertz CT molecular complexity index is 587. The van der Waals surface area contributed by atoms with E-state index in [1.165, 1.54) is 0 Å². The Kier molecular flexibility index (Phi) is 4.86. The summed E-state index contributed by atoms with van der Waals surface area (Å²) >= 11 is 12.4. The summed E-state index contributed by atoms with van der Waals surface area (Å²) < 4.78 is 5.75. The Morgan fingerprint density at radius 2 is 2.05 bits per heavy atom. The van der Waals surface area contributed by atoms with Crippen LogP contribution in [0.3, 0.4) is 0 Å². The molecule has 1 N–H and O–H groups in total. The van der Waals surface area contributed by atoms with E-state index in [0.29, 0.717) is 27.9 Å². The highest BCUT2D eigenvalue weighted by molar-refractivity contribution is 6.39. The van der Waals surface area contributed by atoms with E-state index in [-0.39, 0.29) is 0 Å². The predicted octanol–water partition coefficient (Wildman–Crippen LogP) is 3.84. The lowest BCUT2D eigenvalue weighted by molar-refractivity contribution is 0.318. The summed E-state index contributed by atoms with van der Waals surface area (Å²) in [6, 6.07) is 5.56. The smallest absolute Gasteiger partial charge is 0.164 e. The second-order valence-corrected chi connectivity index (χ2v) is 5.03. The molecule has 2 aromatic rings. The number of rotatable bonds is 5. The maximum atomic E-state index is 6.20. The van der Waals surface area contributed by atoms with Crippen molar-refractivity contribution in [2.24, 2.45) is 0 Å². The summed E-state index contributed by atoms with van der Waals surface area (Å²) in [7, 11) is 0. The number of benzene rings is 1. The molecule has 0 bridgehead atoms. The third-order valence-corrected chi connectivity index (χ3v) is 3.35. The lowest BCUT2D eigenvalue weighted by atomic mass is 10.2. The molecule has 0 unspecified atom stereocenters. The molecule has 19 heavy (non-hydrogen) atoms. The molecule has 0 fully saturated rings. The van der Waals surface area contributed by atoms with Crippen molar-refractivity contribution in [2.75, 3.05) is 19.7 Å². The molecule has 5 heteroatoms. The molecular weight excluding hydrogens is 283 g/mol. The second kappa shape index (κ2) is 6.42. The van der Waals surface area contributed by atoms with Crippen LogP contribution in [0.2, 0.25) is 10.0 Å². The monoisotopic (exact) mass is 298 g/mol. The van der Waals surface area contributed by atoms with Gasteiger partial charge in [0, 0.05) is 17.6 Å². The summed E-state index contributed by atoms with van der Waals surface area (Å²) in [4.78, 5) is 4.48. The summed E-state index contributed by atoms with van der Waals surface area (Å²) in [6.45, 7) is 6.20. The number of aromatic nitrogens is 1. The van der Waals surface area contributed by atoms with E-state index in [0.717, 1.165) is 24.2 Å². The number of hydrogen-bond acceptors (Lipinski definition) is 3. The van der Waals surface area contributed by atoms with Crippen LogP contribution in [-0.4, -0.2) is 24.7 Å². The van der Waals surface area contributed by atoms with Crippen molar-refractivity contribution in [1.29, 1.82) is 0 Å². The topological polar surface area (TPSA) is 34.1 Å². The molecule has 0 aliphatic heterocycles. The van der Waals surface area contributed by atoms with Crippen molar-refractivity contribution in [1.82, 2.24) is 10.3 Å². The number of fused-ring (bicyclic) bond motifs is 1. The van der Waals surface area contributed by atoms with Gasteiger partial charge in [-0.25, -0.2) is 4.98 Å². The largest absolute Gasteiger partial charge is 0.488 e. The summed E-state index contributed by atoms with van der Waals surface area (Å²) in [5, 5.41) is 5.13. The van der Waals surface area contributed by atoms with E-state index in [2.05, 4.69) is 17.2 Å². The first kappa shape index (κ1) is 14.4. The van der Waals surface area contributed by atoms with Gasteiger partial charge in [-0.1, -0.05) is 30.1 Å². The van der Waals surface area contributed by atoms with Crippen molar-refractivity contribution in [3.8, 4) is 5.75 Å². The number of nitrogens with zero attached hydrogens (tertiary/aromatic N) is 1. The Labute approximate surface area is 122 Å². The molecule has 0 spiro atoms. The highest BCUT2D eigenvalue weighted by Gasteiger charge is 2.12. The minimum absolute atomic E-state index is 0.493. The maximum Gasteiger partial charge on any atom is 0.164 e. The van der Waals surface area contributed by atoms with Gasteiger partial charge in [-0.15, -0.1) is 0 Å². The Morgan fingerprint density at radius 3 is 2.79 bits per heavy atom. The van der Waals surface area contributed by atoms with E-state index in [1.54, 1.807) is 6.07 Å². The normalized spacial score (nSPS) is 10.9. The molecule has 0 aliphatic rings. The Morgan fingerprint density at radius 1 is 1.26 bits per heavy atom. The van der Waals surface area contributed by atoms with Crippen molar-refractivity contribution in [2.45, 2.75) is 13.8 Å². The first-order valence-electron chi connectivity index (χ1n) is 6.22. The third-order valence-electron chi connectivity index (χ3n) is 2.75. The standard InChI is InChI=1S/C14H16Cl2N2O/c1-3-17-6-7-19-14-12(16)8-11(15)10-5-4-9(2)18-13(10)14/h4-5,8,17H,3,6-7H2,1-2H3. The van der Waals surface area contributed by atoms with Crippen LogP contribution in [0.1, 0.15) is 12.6 Å². The molecule has 102 valence electrons. The number of halogens is 2. The Hall–Kier alpha value is -1.03. The van der Waals surface area contributed by atoms with Gasteiger partial charge < -0.3 is 10.1 Å². The van der Waals surface area contributed by atoms with E-state index in [9.17, 15) is 0 Å². The average Bonchev–Trinajstić information content (AvgIpc) is 2.37. The highest BCUT2D eigenvalue weighted by atomic mass is 35.5. The van der Waals surface area contributed by atoms with Gasteiger partial charge >= 0.3 is 0 Å². The molecule has 0 saturated carbocycles. The van der Waals surface area contributed by atoms with Crippen LogP contribution >= 0.6 is 23.2 Å². The molecule has 2 rings (SSSR count). The van der Waals surface area contributed by atoms with Gasteiger partial charge in [0.1, 0.15) is 12.1 Å². The second-order valence-electron chi connectivity index (χ2n) is 4.22. The van der Waals surface area contributed by atoms with E-state index in [4.69, 9.17) is 27.9 Å². The predicted molar refractivity (Wildman–Crippen MR) is 80.5 cm³/mol. The number of pyridine rings is 1. The molecule has 1 aromatic heterocycles. The van der Waals surface area contributed by atoms with E-state index < -0.39 is 0 Å². The number of ether oxygens (including phenoxy) is 1. The molecule has 3 nitrogen and oxygen atoms in total. The summed E-state index contributed by atoms with van der Waals surface area (Å²) in [5.41, 5.74) is 1.62. The van der Waals surface area contributed by atoms with Gasteiger partial charge in [0.2, 0.25) is 0 Å². The lowest BCUT2D eigenvalue weighted by Gasteiger charge is -2.12. The van der Waals surface area contributed by atoms with Crippen LogP contribution < -0.4 is 10.1 Å². The van der Waals surface area contributed by atoms with Crippen LogP contribution in [0.15, 0.2) is 18.2 Å². The Balaban J connectivity index is 2.38. The van der Waals surface area contributed by atoms with Crippen LogP contribution in [0.5, 0.6) is 5.75 Å². The van der Waals surface area contributed by atoms with Gasteiger partial charge in [-0.2, -0.15) is 0 Å². The average molecular weight is 299 g/mol. The van der Waals surface area contributed by atoms with Gasteiger partial charge in [0.05, 0.1) is 10.0 Å². The van der Waals surface area contributed by atoms with Crippen LogP contribution in [0, 0.1) is 6.92 Å². The molecule has 1 aromatic carbocycles. The molecule has 0 saturated heterocycles. The first-order valence-corrected chi connectivity index (χ1v) is 6.98. The maximum absolute atomic E-state index is 6.20. The minimum Gasteiger partial charge on any atom is -0.488 e. The summed E-state index contributed by atoms with van der Waals surface area (Å²) in [5.74, 6) is 0.600. The third kappa shape index (κ3) is 3.30. The molecule has 0 amide bonds. The molecule has 0 aliphatic carbocycles. The zero-order chi connectivity index (χ0) is 13.8. The van der Waals surface area contributed by atoms with Gasteiger partial charge in [-0.3, -0.25) is 0 Å². The van der Waals surface area contributed by atoms with Crippen molar-refractivity contribution >= 4 is 34.1 Å². The number of hydrogen-bond donors (Lipinski definition) is 1. The quantitative estimate of drug-likeness (QED) is 0.852.